The Kier molecular flexibility index (Phi) is 6.68. The third kappa shape index (κ3) is 4.26. The molecule has 0 bridgehead atoms. The van der Waals surface area contributed by atoms with Gasteiger partial charge in [-0.15, -0.1) is 23.7 Å². The molecule has 1 aromatic rings. The summed E-state index contributed by atoms with van der Waals surface area (Å²) in [5.41, 5.74) is 0. The first-order valence-electron chi connectivity index (χ1n) is 6.35. The van der Waals surface area contributed by atoms with Crippen molar-refractivity contribution in [3.63, 3.8) is 0 Å². The van der Waals surface area contributed by atoms with Gasteiger partial charge in [0.05, 0.1) is 6.04 Å². The van der Waals surface area contributed by atoms with Crippen molar-refractivity contribution in [3.8, 4) is 0 Å². The van der Waals surface area contributed by atoms with E-state index in [2.05, 4.69) is 29.0 Å². The summed E-state index contributed by atoms with van der Waals surface area (Å²) in [6.45, 7) is 3.17. The summed E-state index contributed by atoms with van der Waals surface area (Å²) >= 11 is 1.71. The van der Waals surface area contributed by atoms with Gasteiger partial charge >= 0.3 is 0 Å². The van der Waals surface area contributed by atoms with Crippen molar-refractivity contribution in [3.05, 3.63) is 22.4 Å². The van der Waals surface area contributed by atoms with E-state index in [0.717, 1.165) is 19.4 Å². The van der Waals surface area contributed by atoms with Crippen LogP contribution in [0.1, 0.15) is 43.5 Å². The minimum Gasteiger partial charge on any atom is -0.348 e. The Morgan fingerprint density at radius 3 is 3.06 bits per heavy atom. The Balaban J connectivity index is 0.00000162. The molecule has 3 nitrogen and oxygen atoms in total. The van der Waals surface area contributed by atoms with Gasteiger partial charge in [-0.25, -0.2) is 0 Å². The Morgan fingerprint density at radius 1 is 1.67 bits per heavy atom. The lowest BCUT2D eigenvalue weighted by Gasteiger charge is -2.17. The molecule has 1 fully saturated rings. The van der Waals surface area contributed by atoms with Gasteiger partial charge in [0.2, 0.25) is 5.91 Å². The van der Waals surface area contributed by atoms with Gasteiger partial charge in [0, 0.05) is 17.3 Å². The average molecular weight is 289 g/mol. The largest absolute Gasteiger partial charge is 0.348 e. The van der Waals surface area contributed by atoms with Crippen molar-refractivity contribution >= 4 is 29.7 Å². The van der Waals surface area contributed by atoms with E-state index in [1.807, 2.05) is 6.07 Å². The molecule has 1 aromatic heterocycles. The van der Waals surface area contributed by atoms with Gasteiger partial charge in [-0.3, -0.25) is 4.79 Å². The van der Waals surface area contributed by atoms with Crippen LogP contribution in [-0.2, 0) is 4.79 Å². The van der Waals surface area contributed by atoms with Crippen LogP contribution >= 0.6 is 23.7 Å². The van der Waals surface area contributed by atoms with E-state index in [1.54, 1.807) is 11.3 Å². The molecular formula is C13H21ClN2OS. The standard InChI is InChI=1S/C13H20N2OS.ClH/c1-2-11(12-6-4-8-17-12)15-13(16)9-10-5-3-7-14-10;/h4,6,8,10-11,14H,2-3,5,7,9H2,1H3,(H,15,16);1H. The van der Waals surface area contributed by atoms with Crippen LogP contribution in [-0.4, -0.2) is 18.5 Å². The maximum Gasteiger partial charge on any atom is 0.222 e. The maximum atomic E-state index is 11.9. The Hall–Kier alpha value is -0.580. The van der Waals surface area contributed by atoms with Crippen molar-refractivity contribution in [2.24, 2.45) is 0 Å². The van der Waals surface area contributed by atoms with E-state index in [9.17, 15) is 4.79 Å². The fourth-order valence-electron chi connectivity index (χ4n) is 2.27. The fourth-order valence-corrected chi connectivity index (χ4v) is 3.13. The zero-order valence-electron chi connectivity index (χ0n) is 10.6. The van der Waals surface area contributed by atoms with E-state index in [1.165, 1.54) is 11.3 Å². The number of hydrogen-bond donors (Lipinski definition) is 2. The van der Waals surface area contributed by atoms with Crippen molar-refractivity contribution in [1.29, 1.82) is 0 Å². The number of thiophene rings is 1. The SMILES string of the molecule is CCC(NC(=O)CC1CCCN1)c1cccs1.Cl. The molecule has 0 aliphatic carbocycles. The van der Waals surface area contributed by atoms with Crippen LogP contribution in [0, 0.1) is 0 Å². The van der Waals surface area contributed by atoms with E-state index in [-0.39, 0.29) is 24.4 Å². The molecule has 1 aliphatic heterocycles. The van der Waals surface area contributed by atoms with Crippen LogP contribution in [0.5, 0.6) is 0 Å². The summed E-state index contributed by atoms with van der Waals surface area (Å²) in [7, 11) is 0. The summed E-state index contributed by atoms with van der Waals surface area (Å²) in [5.74, 6) is 0.171. The molecule has 1 saturated heterocycles. The Labute approximate surface area is 119 Å². The minimum atomic E-state index is 0. The summed E-state index contributed by atoms with van der Waals surface area (Å²) in [6.07, 6.45) is 3.88. The molecule has 5 heteroatoms. The molecule has 0 saturated carbocycles. The topological polar surface area (TPSA) is 41.1 Å². The second-order valence-electron chi connectivity index (χ2n) is 4.54. The predicted molar refractivity (Wildman–Crippen MR) is 78.4 cm³/mol. The quantitative estimate of drug-likeness (QED) is 0.875. The Bertz CT molecular complexity index is 350. The van der Waals surface area contributed by atoms with Crippen molar-refractivity contribution in [2.45, 2.75) is 44.7 Å². The molecule has 0 aromatic carbocycles. The third-order valence-electron chi connectivity index (χ3n) is 3.22. The van der Waals surface area contributed by atoms with Crippen LogP contribution in [0.3, 0.4) is 0 Å². The lowest BCUT2D eigenvalue weighted by Crippen LogP contribution is -2.33. The first-order valence-corrected chi connectivity index (χ1v) is 7.23. The fraction of sp³-hybridized carbons (Fsp3) is 0.615. The normalized spacial score (nSPS) is 20.2. The number of carbonyl (C=O) groups excluding carboxylic acids is 1. The lowest BCUT2D eigenvalue weighted by atomic mass is 10.1. The smallest absolute Gasteiger partial charge is 0.222 e. The first kappa shape index (κ1) is 15.5. The number of nitrogens with one attached hydrogen (secondary N) is 2. The molecule has 2 unspecified atom stereocenters. The minimum absolute atomic E-state index is 0. The highest BCUT2D eigenvalue weighted by Gasteiger charge is 2.20. The van der Waals surface area contributed by atoms with Gasteiger partial charge in [0.1, 0.15) is 0 Å². The first-order chi connectivity index (χ1) is 8.29. The molecule has 102 valence electrons. The maximum absolute atomic E-state index is 11.9. The molecule has 1 aliphatic rings. The molecule has 18 heavy (non-hydrogen) atoms. The molecule has 1 amide bonds. The molecule has 2 heterocycles. The van der Waals surface area contributed by atoms with Gasteiger partial charge in [-0.2, -0.15) is 0 Å². The van der Waals surface area contributed by atoms with Gasteiger partial charge in [0.15, 0.2) is 0 Å². The lowest BCUT2D eigenvalue weighted by molar-refractivity contribution is -0.122. The van der Waals surface area contributed by atoms with Crippen LogP contribution < -0.4 is 10.6 Å². The highest BCUT2D eigenvalue weighted by molar-refractivity contribution is 7.10. The second-order valence-corrected chi connectivity index (χ2v) is 5.52. The predicted octanol–water partition coefficient (Wildman–Crippen LogP) is 2.88. The van der Waals surface area contributed by atoms with Gasteiger partial charge in [-0.1, -0.05) is 13.0 Å². The average Bonchev–Trinajstić information content (AvgIpc) is 2.97. The highest BCUT2D eigenvalue weighted by Crippen LogP contribution is 2.22. The summed E-state index contributed by atoms with van der Waals surface area (Å²) in [4.78, 5) is 13.2. The monoisotopic (exact) mass is 288 g/mol. The third-order valence-corrected chi connectivity index (χ3v) is 4.21. The van der Waals surface area contributed by atoms with Gasteiger partial charge < -0.3 is 10.6 Å². The molecule has 2 rings (SSSR count). The molecular weight excluding hydrogens is 268 g/mol. The van der Waals surface area contributed by atoms with E-state index < -0.39 is 0 Å². The number of hydrogen-bond acceptors (Lipinski definition) is 3. The molecule has 2 N–H and O–H groups in total. The van der Waals surface area contributed by atoms with Crippen LogP contribution in [0.25, 0.3) is 0 Å². The number of carbonyl (C=O) groups is 1. The highest BCUT2D eigenvalue weighted by atomic mass is 35.5. The van der Waals surface area contributed by atoms with Crippen molar-refractivity contribution in [2.75, 3.05) is 6.54 Å². The van der Waals surface area contributed by atoms with Crippen LogP contribution in [0.2, 0.25) is 0 Å². The van der Waals surface area contributed by atoms with Crippen LogP contribution in [0.15, 0.2) is 17.5 Å². The van der Waals surface area contributed by atoms with Gasteiger partial charge in [-0.05, 0) is 37.3 Å². The van der Waals surface area contributed by atoms with E-state index >= 15 is 0 Å². The molecule has 2 atom stereocenters. The molecule has 0 spiro atoms. The number of rotatable bonds is 5. The van der Waals surface area contributed by atoms with Crippen molar-refractivity contribution < 1.29 is 4.79 Å². The zero-order chi connectivity index (χ0) is 12.1. The second kappa shape index (κ2) is 7.77. The summed E-state index contributed by atoms with van der Waals surface area (Å²) in [6, 6.07) is 4.69. The molecule has 0 radical (unpaired) electrons. The zero-order valence-corrected chi connectivity index (χ0v) is 12.3. The van der Waals surface area contributed by atoms with E-state index in [4.69, 9.17) is 0 Å². The number of amides is 1. The Morgan fingerprint density at radius 2 is 2.50 bits per heavy atom. The van der Waals surface area contributed by atoms with Gasteiger partial charge in [0.25, 0.3) is 0 Å². The van der Waals surface area contributed by atoms with Crippen LogP contribution in [0.4, 0.5) is 0 Å². The summed E-state index contributed by atoms with van der Waals surface area (Å²) < 4.78 is 0. The summed E-state index contributed by atoms with van der Waals surface area (Å²) in [5, 5.41) is 8.54. The van der Waals surface area contributed by atoms with E-state index in [0.29, 0.717) is 12.5 Å². The van der Waals surface area contributed by atoms with Crippen molar-refractivity contribution in [1.82, 2.24) is 10.6 Å². The number of halogens is 1.